The Balaban J connectivity index is 1.29. The standard InChI is InChI=1S/C29H31ClN4O4/c30-22-10-8-21(9-11-22)29(35)12-16-34(17-13-29)15-3-4-20-18-24-25(37-19-27(31)33-36)6-1-7-26(24)38-28-23(20)5-2-14-32-28/h1-2,4-11,14,35-36H,3,12-13,15-19H2,(H2,31,33)/b20-4-. The van der Waals surface area contributed by atoms with E-state index in [0.29, 0.717) is 41.7 Å². The van der Waals surface area contributed by atoms with Gasteiger partial charge in [0.15, 0.2) is 5.84 Å². The molecule has 0 radical (unpaired) electrons. The Hall–Kier alpha value is -3.43. The molecule has 0 unspecified atom stereocenters. The third-order valence-electron chi connectivity index (χ3n) is 7.19. The number of piperidine rings is 1. The normalized spacial score (nSPS) is 17.6. The monoisotopic (exact) mass is 534 g/mol. The number of likely N-dealkylation sites (tertiary alicyclic amines) is 1. The number of benzene rings is 2. The molecule has 198 valence electrons. The summed E-state index contributed by atoms with van der Waals surface area (Å²) in [5, 5.41) is 28.4. The molecule has 1 fully saturated rings. The number of amidine groups is 1. The highest BCUT2D eigenvalue weighted by Crippen LogP contribution is 2.41. The maximum Gasteiger partial charge on any atom is 0.226 e. The molecule has 8 nitrogen and oxygen atoms in total. The van der Waals surface area contributed by atoms with Gasteiger partial charge in [-0.3, -0.25) is 16.1 Å². The minimum absolute atomic E-state index is 0.0888. The van der Waals surface area contributed by atoms with Gasteiger partial charge in [-0.05, 0) is 66.8 Å². The zero-order chi connectivity index (χ0) is 26.5. The fourth-order valence-corrected chi connectivity index (χ4v) is 5.16. The predicted molar refractivity (Wildman–Crippen MR) is 146 cm³/mol. The number of ether oxygens (including phenoxy) is 2. The average Bonchev–Trinajstić information content (AvgIpc) is 3.10. The zero-order valence-corrected chi connectivity index (χ0v) is 21.7. The first-order valence-electron chi connectivity index (χ1n) is 12.7. The van der Waals surface area contributed by atoms with Gasteiger partial charge in [-0.25, -0.2) is 4.98 Å². The number of pyridine rings is 1. The van der Waals surface area contributed by atoms with Gasteiger partial charge in [0.25, 0.3) is 0 Å². The van der Waals surface area contributed by atoms with E-state index >= 15 is 0 Å². The maximum atomic E-state index is 11.2. The summed E-state index contributed by atoms with van der Waals surface area (Å²) in [6.45, 7) is 2.42. The van der Waals surface area contributed by atoms with Crippen molar-refractivity contribution in [2.24, 2.45) is 0 Å². The Morgan fingerprint density at radius 2 is 1.95 bits per heavy atom. The van der Waals surface area contributed by atoms with Crippen molar-refractivity contribution >= 4 is 23.0 Å². The number of hydrogen-bond donors (Lipinski definition) is 4. The highest BCUT2D eigenvalue weighted by atomic mass is 35.5. The fraction of sp³-hybridized carbons (Fsp3) is 0.310. The molecule has 3 heterocycles. The molecule has 0 bridgehead atoms. The largest absolute Gasteiger partial charge is 0.485 e. The van der Waals surface area contributed by atoms with Crippen LogP contribution >= 0.6 is 11.6 Å². The number of aromatic nitrogens is 1. The van der Waals surface area contributed by atoms with Gasteiger partial charge in [-0.1, -0.05) is 35.9 Å². The fourth-order valence-electron chi connectivity index (χ4n) is 5.04. The first-order valence-corrected chi connectivity index (χ1v) is 13.1. The van der Waals surface area contributed by atoms with Crippen molar-refractivity contribution in [3.63, 3.8) is 0 Å². The molecular formula is C29H31ClN4O4. The molecule has 9 heteroatoms. The third-order valence-corrected chi connectivity index (χ3v) is 7.44. The zero-order valence-electron chi connectivity index (χ0n) is 21.0. The van der Waals surface area contributed by atoms with Crippen LogP contribution in [0.1, 0.15) is 36.0 Å². The number of hydroxylamine groups is 1. The van der Waals surface area contributed by atoms with Crippen LogP contribution < -0.4 is 15.0 Å². The summed E-state index contributed by atoms with van der Waals surface area (Å²) in [6.07, 6.45) is 6.72. The molecule has 4 N–H and O–H groups in total. The summed E-state index contributed by atoms with van der Waals surface area (Å²) < 4.78 is 12.0. The first-order chi connectivity index (χ1) is 18.4. The summed E-state index contributed by atoms with van der Waals surface area (Å²) in [5.41, 5.74) is 4.81. The SMILES string of the molecule is N=C(COc1cccc2c1C/C(=C/CCN1CCC(O)(c3ccc(Cl)cc3)CC1)c1cccnc1O2)NO. The lowest BCUT2D eigenvalue weighted by Crippen LogP contribution is -2.42. The third kappa shape index (κ3) is 5.84. The highest BCUT2D eigenvalue weighted by molar-refractivity contribution is 6.30. The number of nitrogens with one attached hydrogen (secondary N) is 2. The van der Waals surface area contributed by atoms with E-state index in [1.807, 2.05) is 54.6 Å². The quantitative estimate of drug-likeness (QED) is 0.188. The van der Waals surface area contributed by atoms with Crippen molar-refractivity contribution in [1.82, 2.24) is 15.4 Å². The topological polar surface area (TPSA) is 111 Å². The van der Waals surface area contributed by atoms with Gasteiger partial charge in [-0.2, -0.15) is 0 Å². The number of halogens is 1. The molecule has 0 amide bonds. The molecule has 38 heavy (non-hydrogen) atoms. The van der Waals surface area contributed by atoms with E-state index in [9.17, 15) is 5.11 Å². The van der Waals surface area contributed by atoms with Crippen LogP contribution in [0.2, 0.25) is 5.02 Å². The molecule has 2 aliphatic heterocycles. The molecule has 3 aromatic rings. The van der Waals surface area contributed by atoms with E-state index in [0.717, 1.165) is 48.3 Å². The van der Waals surface area contributed by atoms with Crippen LogP contribution in [0.15, 0.2) is 66.9 Å². The van der Waals surface area contributed by atoms with Crippen LogP contribution in [0.25, 0.3) is 5.57 Å². The van der Waals surface area contributed by atoms with Gasteiger partial charge in [0.2, 0.25) is 5.88 Å². The molecule has 2 aromatic carbocycles. The van der Waals surface area contributed by atoms with Gasteiger partial charge in [-0.15, -0.1) is 0 Å². The van der Waals surface area contributed by atoms with Crippen LogP contribution in [0.5, 0.6) is 17.4 Å². The van der Waals surface area contributed by atoms with E-state index in [1.54, 1.807) is 11.7 Å². The second kappa shape index (κ2) is 11.5. The maximum absolute atomic E-state index is 11.2. The number of rotatable bonds is 7. The number of aliphatic hydroxyl groups is 1. The van der Waals surface area contributed by atoms with Crippen LogP contribution in [-0.2, 0) is 12.0 Å². The smallest absolute Gasteiger partial charge is 0.226 e. The summed E-state index contributed by atoms with van der Waals surface area (Å²) in [7, 11) is 0. The van der Waals surface area contributed by atoms with Gasteiger partial charge in [0.05, 0.1) is 5.60 Å². The van der Waals surface area contributed by atoms with E-state index in [2.05, 4.69) is 16.0 Å². The Labute approximate surface area is 227 Å². The molecule has 5 rings (SSSR count). The number of nitrogens with zero attached hydrogens (tertiary/aromatic N) is 2. The molecule has 1 saturated heterocycles. The molecule has 0 spiro atoms. The lowest BCUT2D eigenvalue weighted by molar-refractivity contribution is -0.0254. The van der Waals surface area contributed by atoms with Gasteiger partial charge in [0.1, 0.15) is 18.1 Å². The van der Waals surface area contributed by atoms with Crippen LogP contribution in [0.3, 0.4) is 0 Å². The van der Waals surface area contributed by atoms with Gasteiger partial charge < -0.3 is 19.5 Å². The Morgan fingerprint density at radius 1 is 1.16 bits per heavy atom. The second-order valence-electron chi connectivity index (χ2n) is 9.64. The van der Waals surface area contributed by atoms with Crippen molar-refractivity contribution in [3.05, 3.63) is 88.6 Å². The van der Waals surface area contributed by atoms with E-state index in [-0.39, 0.29) is 12.4 Å². The molecule has 0 aliphatic carbocycles. The van der Waals surface area contributed by atoms with Gasteiger partial charge in [0, 0.05) is 48.4 Å². The predicted octanol–water partition coefficient (Wildman–Crippen LogP) is 5.18. The van der Waals surface area contributed by atoms with Crippen LogP contribution in [0.4, 0.5) is 0 Å². The van der Waals surface area contributed by atoms with Crippen molar-refractivity contribution in [2.45, 2.75) is 31.3 Å². The average molecular weight is 535 g/mol. The highest BCUT2D eigenvalue weighted by Gasteiger charge is 2.33. The second-order valence-corrected chi connectivity index (χ2v) is 10.1. The molecular weight excluding hydrogens is 504 g/mol. The minimum atomic E-state index is -0.815. The van der Waals surface area contributed by atoms with Crippen molar-refractivity contribution in [2.75, 3.05) is 26.2 Å². The lowest BCUT2D eigenvalue weighted by atomic mass is 9.84. The molecule has 0 saturated carbocycles. The Morgan fingerprint density at radius 3 is 2.71 bits per heavy atom. The summed E-state index contributed by atoms with van der Waals surface area (Å²) in [6, 6.07) is 17.0. The molecule has 0 atom stereocenters. The lowest BCUT2D eigenvalue weighted by Gasteiger charge is -2.38. The van der Waals surface area contributed by atoms with Crippen molar-refractivity contribution in [1.29, 1.82) is 5.41 Å². The number of hydrogen-bond acceptors (Lipinski definition) is 7. The number of allylic oxidation sites excluding steroid dienone is 1. The van der Waals surface area contributed by atoms with E-state index < -0.39 is 5.60 Å². The van der Waals surface area contributed by atoms with E-state index in [1.165, 1.54) is 0 Å². The number of fused-ring (bicyclic) bond motifs is 2. The Kier molecular flexibility index (Phi) is 7.95. The van der Waals surface area contributed by atoms with Gasteiger partial charge >= 0.3 is 0 Å². The molecule has 1 aromatic heterocycles. The Bertz CT molecular complexity index is 1320. The van der Waals surface area contributed by atoms with Crippen LogP contribution in [-0.4, -0.2) is 52.3 Å². The van der Waals surface area contributed by atoms with Crippen LogP contribution in [0, 0.1) is 5.41 Å². The summed E-state index contributed by atoms with van der Waals surface area (Å²) in [4.78, 5) is 6.85. The van der Waals surface area contributed by atoms with Crippen molar-refractivity contribution < 1.29 is 19.8 Å². The first kappa shape index (κ1) is 26.2. The van der Waals surface area contributed by atoms with Crippen molar-refractivity contribution in [3.8, 4) is 17.4 Å². The minimum Gasteiger partial charge on any atom is -0.485 e. The molecule has 2 aliphatic rings. The van der Waals surface area contributed by atoms with E-state index in [4.69, 9.17) is 31.7 Å². The summed E-state index contributed by atoms with van der Waals surface area (Å²) >= 11 is 6.02. The summed E-state index contributed by atoms with van der Waals surface area (Å²) in [5.74, 6) is 1.67.